The molecule has 4 heteroatoms. The van der Waals surface area contributed by atoms with E-state index in [1.165, 1.54) is 0 Å². The number of fused-ring (bicyclic) bond motifs is 1. The summed E-state index contributed by atoms with van der Waals surface area (Å²) in [7, 11) is 0. The second-order valence-corrected chi connectivity index (χ2v) is 7.89. The third-order valence-electron chi connectivity index (χ3n) is 5.63. The van der Waals surface area contributed by atoms with Gasteiger partial charge in [0.1, 0.15) is 5.75 Å². The van der Waals surface area contributed by atoms with E-state index in [2.05, 4.69) is 19.1 Å². The molecule has 0 aromatic heterocycles. The van der Waals surface area contributed by atoms with Crippen LogP contribution < -0.4 is 4.74 Å². The molecule has 138 valence electrons. The molecule has 0 heterocycles. The van der Waals surface area contributed by atoms with Crippen molar-refractivity contribution in [3.63, 3.8) is 0 Å². The van der Waals surface area contributed by atoms with Crippen molar-refractivity contribution in [3.8, 4) is 5.75 Å². The molecular formula is C21H29ClO3. The molecule has 25 heavy (non-hydrogen) atoms. The zero-order valence-electron chi connectivity index (χ0n) is 14.9. The van der Waals surface area contributed by atoms with Crippen molar-refractivity contribution in [2.24, 2.45) is 11.8 Å². The Balaban J connectivity index is 1.65. The summed E-state index contributed by atoms with van der Waals surface area (Å²) >= 11 is 6.49. The molecule has 5 atom stereocenters. The first-order valence-corrected chi connectivity index (χ1v) is 9.95. The summed E-state index contributed by atoms with van der Waals surface area (Å²) in [6, 6.07) is 5.87. The van der Waals surface area contributed by atoms with Crippen molar-refractivity contribution in [1.29, 1.82) is 0 Å². The van der Waals surface area contributed by atoms with Crippen LogP contribution >= 0.6 is 11.6 Å². The summed E-state index contributed by atoms with van der Waals surface area (Å²) in [4.78, 5) is 0. The molecule has 0 amide bonds. The fourth-order valence-electron chi connectivity index (χ4n) is 4.15. The Morgan fingerprint density at radius 2 is 2.08 bits per heavy atom. The maximum Gasteiger partial charge on any atom is 0.122 e. The average Bonchev–Trinajstić information content (AvgIpc) is 3.10. The molecule has 2 aliphatic rings. The van der Waals surface area contributed by atoms with Crippen LogP contribution in [0.15, 0.2) is 30.4 Å². The maximum atomic E-state index is 10.4. The second-order valence-electron chi connectivity index (χ2n) is 7.33. The van der Waals surface area contributed by atoms with Crippen LogP contribution in [-0.2, 0) is 6.42 Å². The van der Waals surface area contributed by atoms with Crippen LogP contribution in [0.1, 0.15) is 56.3 Å². The van der Waals surface area contributed by atoms with E-state index in [4.69, 9.17) is 16.3 Å². The highest BCUT2D eigenvalue weighted by molar-refractivity contribution is 6.21. The highest BCUT2D eigenvalue weighted by Crippen LogP contribution is 2.40. The van der Waals surface area contributed by atoms with Gasteiger partial charge in [-0.15, -0.1) is 11.6 Å². The summed E-state index contributed by atoms with van der Waals surface area (Å²) in [5.74, 6) is 1.14. The number of ether oxygens (including phenoxy) is 1. The molecule has 1 unspecified atom stereocenters. The number of rotatable bonds is 7. The Kier molecular flexibility index (Phi) is 6.43. The van der Waals surface area contributed by atoms with Crippen molar-refractivity contribution in [3.05, 3.63) is 41.5 Å². The summed E-state index contributed by atoms with van der Waals surface area (Å²) in [6.07, 6.45) is 8.99. The average molecular weight is 365 g/mol. The summed E-state index contributed by atoms with van der Waals surface area (Å²) in [5, 5.41) is 20.4. The molecule has 0 saturated heterocycles. The van der Waals surface area contributed by atoms with Gasteiger partial charge in [0.15, 0.2) is 0 Å². The largest absolute Gasteiger partial charge is 0.493 e. The van der Waals surface area contributed by atoms with Gasteiger partial charge in [-0.2, -0.15) is 0 Å². The van der Waals surface area contributed by atoms with Gasteiger partial charge in [-0.05, 0) is 49.7 Å². The molecule has 3 rings (SSSR count). The van der Waals surface area contributed by atoms with E-state index in [9.17, 15) is 10.2 Å². The predicted octanol–water partition coefficient (Wildman–Crippen LogP) is 4.40. The van der Waals surface area contributed by atoms with Gasteiger partial charge >= 0.3 is 0 Å². The number of halogens is 1. The number of unbranched alkanes of at least 4 members (excludes halogenated alkanes) is 1. The van der Waals surface area contributed by atoms with Gasteiger partial charge < -0.3 is 14.9 Å². The molecular weight excluding hydrogens is 336 g/mol. The van der Waals surface area contributed by atoms with Crippen LogP contribution in [0.5, 0.6) is 5.75 Å². The minimum atomic E-state index is -0.408. The predicted molar refractivity (Wildman–Crippen MR) is 101 cm³/mol. The Bertz CT molecular complexity index is 601. The Morgan fingerprint density at radius 1 is 1.24 bits per heavy atom. The van der Waals surface area contributed by atoms with E-state index in [1.807, 2.05) is 18.2 Å². The molecule has 0 spiro atoms. The van der Waals surface area contributed by atoms with Crippen LogP contribution in [-0.4, -0.2) is 28.3 Å². The fraction of sp³-hybridized carbons (Fsp3) is 0.619. The maximum absolute atomic E-state index is 10.4. The van der Waals surface area contributed by atoms with Crippen LogP contribution in [0.4, 0.5) is 0 Å². The first-order chi connectivity index (χ1) is 12.1. The van der Waals surface area contributed by atoms with Crippen LogP contribution in [0.3, 0.4) is 0 Å². The molecule has 2 N–H and O–H groups in total. The van der Waals surface area contributed by atoms with Crippen molar-refractivity contribution < 1.29 is 14.9 Å². The quantitative estimate of drug-likeness (QED) is 0.557. The van der Waals surface area contributed by atoms with Gasteiger partial charge in [0, 0.05) is 16.9 Å². The minimum absolute atomic E-state index is 0.00168. The molecule has 1 aromatic carbocycles. The summed E-state index contributed by atoms with van der Waals surface area (Å²) < 4.78 is 6.10. The summed E-state index contributed by atoms with van der Waals surface area (Å²) in [6.45, 7) is 2.64. The lowest BCUT2D eigenvalue weighted by Gasteiger charge is -2.23. The number of allylic oxidation sites excluding steroid dienone is 2. The number of hydrogen-bond acceptors (Lipinski definition) is 3. The minimum Gasteiger partial charge on any atom is -0.493 e. The van der Waals surface area contributed by atoms with E-state index < -0.39 is 6.10 Å². The molecule has 1 aromatic rings. The van der Waals surface area contributed by atoms with Crippen LogP contribution in [0, 0.1) is 11.8 Å². The standard InChI is InChI=1S/C21H29ClO3/c1-2-3-4-5-7-14-17(20(24)12-18(14)22)13-25-21-9-6-8-15-16(21)10-11-19(15)23/h4-6,8-9,14,17-20,23-24H,2-3,7,10-13H2,1H3/b5-4-/t14-,17-,18-,19?,20-/m1/s1. The Hall–Kier alpha value is -1.03. The SMILES string of the molecule is CCC/C=C\C[C@@H]1[C@@H](COc2cccc3c2CCC3O)[C@H](O)C[C@H]1Cl. The van der Waals surface area contributed by atoms with Gasteiger partial charge in [-0.25, -0.2) is 0 Å². The number of aliphatic hydroxyl groups is 2. The Labute approximate surface area is 155 Å². The molecule has 3 nitrogen and oxygen atoms in total. The smallest absolute Gasteiger partial charge is 0.122 e. The Morgan fingerprint density at radius 3 is 2.88 bits per heavy atom. The lowest BCUT2D eigenvalue weighted by atomic mass is 9.92. The molecule has 0 bridgehead atoms. The second kappa shape index (κ2) is 8.57. The normalized spacial score (nSPS) is 31.6. The lowest BCUT2D eigenvalue weighted by molar-refractivity contribution is 0.0804. The van der Waals surface area contributed by atoms with Gasteiger partial charge in [0.25, 0.3) is 0 Å². The number of alkyl halides is 1. The molecule has 2 aliphatic carbocycles. The lowest BCUT2D eigenvalue weighted by Crippen LogP contribution is -2.27. The number of hydrogen-bond donors (Lipinski definition) is 2. The van der Waals surface area contributed by atoms with Crippen LogP contribution in [0.2, 0.25) is 0 Å². The third-order valence-corrected chi connectivity index (χ3v) is 6.13. The van der Waals surface area contributed by atoms with Crippen molar-refractivity contribution in [2.45, 2.75) is 63.0 Å². The molecule has 1 fully saturated rings. The van der Waals surface area contributed by atoms with E-state index in [0.717, 1.165) is 49.0 Å². The first kappa shape index (κ1) is 18.8. The highest BCUT2D eigenvalue weighted by Gasteiger charge is 2.41. The zero-order chi connectivity index (χ0) is 17.8. The van der Waals surface area contributed by atoms with Crippen molar-refractivity contribution >= 4 is 11.6 Å². The van der Waals surface area contributed by atoms with E-state index >= 15 is 0 Å². The summed E-state index contributed by atoms with van der Waals surface area (Å²) in [5.41, 5.74) is 2.10. The van der Waals surface area contributed by atoms with Gasteiger partial charge in [0.2, 0.25) is 0 Å². The monoisotopic (exact) mass is 364 g/mol. The van der Waals surface area contributed by atoms with Crippen molar-refractivity contribution in [1.82, 2.24) is 0 Å². The third kappa shape index (κ3) is 4.21. The van der Waals surface area contributed by atoms with Gasteiger partial charge in [-0.1, -0.05) is 37.6 Å². The zero-order valence-corrected chi connectivity index (χ0v) is 15.7. The highest BCUT2D eigenvalue weighted by atomic mass is 35.5. The molecule has 0 aliphatic heterocycles. The molecule has 1 saturated carbocycles. The van der Waals surface area contributed by atoms with Crippen LogP contribution in [0.25, 0.3) is 0 Å². The topological polar surface area (TPSA) is 49.7 Å². The van der Waals surface area contributed by atoms with E-state index in [1.54, 1.807) is 0 Å². The first-order valence-electron chi connectivity index (χ1n) is 9.51. The van der Waals surface area contributed by atoms with E-state index in [-0.39, 0.29) is 23.3 Å². The fourth-order valence-corrected chi connectivity index (χ4v) is 4.62. The number of aliphatic hydroxyl groups excluding tert-OH is 2. The van der Waals surface area contributed by atoms with Crippen molar-refractivity contribution in [2.75, 3.05) is 6.61 Å². The van der Waals surface area contributed by atoms with Gasteiger partial charge in [-0.3, -0.25) is 0 Å². The van der Waals surface area contributed by atoms with Gasteiger partial charge in [0.05, 0.1) is 18.8 Å². The van der Waals surface area contributed by atoms with E-state index in [0.29, 0.717) is 13.0 Å². The molecule has 0 radical (unpaired) electrons. The number of benzene rings is 1.